The van der Waals surface area contributed by atoms with Crippen LogP contribution in [0.5, 0.6) is 0 Å². The molecule has 2 aromatic rings. The highest BCUT2D eigenvalue weighted by molar-refractivity contribution is 6.34. The quantitative estimate of drug-likeness (QED) is 0.857. The average molecular weight is 387 g/mol. The molecule has 0 saturated carbocycles. The van der Waals surface area contributed by atoms with E-state index in [1.54, 1.807) is 42.3 Å². The van der Waals surface area contributed by atoms with E-state index in [4.69, 9.17) is 16.7 Å². The van der Waals surface area contributed by atoms with Gasteiger partial charge in [0, 0.05) is 13.6 Å². The van der Waals surface area contributed by atoms with Gasteiger partial charge in [-0.15, -0.1) is 0 Å². The third-order valence-corrected chi connectivity index (χ3v) is 5.06. The standard InChI is InChI=1S/C20H19ClN2O4/c1-22(18(24)12-13-6-8-14(9-7-13)20(26)27)17-10-11-23(19(17)25)16-5-3-2-4-15(16)21/h2-9,17H,10-12H2,1H3,(H,26,27). The number of carbonyl (C=O) groups excluding carboxylic acids is 2. The zero-order valence-electron chi connectivity index (χ0n) is 14.8. The number of hydrogen-bond donors (Lipinski definition) is 1. The van der Waals surface area contributed by atoms with Crippen molar-refractivity contribution in [1.82, 2.24) is 4.90 Å². The predicted molar refractivity (Wildman–Crippen MR) is 102 cm³/mol. The van der Waals surface area contributed by atoms with Crippen LogP contribution in [0.2, 0.25) is 5.02 Å². The van der Waals surface area contributed by atoms with Gasteiger partial charge >= 0.3 is 5.97 Å². The van der Waals surface area contributed by atoms with Crippen molar-refractivity contribution >= 4 is 35.1 Å². The molecule has 0 spiro atoms. The Morgan fingerprint density at radius 1 is 1.19 bits per heavy atom. The summed E-state index contributed by atoms with van der Waals surface area (Å²) in [5.74, 6) is -1.36. The Hall–Kier alpha value is -2.86. The summed E-state index contributed by atoms with van der Waals surface area (Å²) in [6.45, 7) is 0.498. The molecule has 6 nitrogen and oxygen atoms in total. The van der Waals surface area contributed by atoms with Crippen molar-refractivity contribution in [2.75, 3.05) is 18.5 Å². The van der Waals surface area contributed by atoms with E-state index in [0.717, 1.165) is 0 Å². The van der Waals surface area contributed by atoms with Crippen molar-refractivity contribution < 1.29 is 19.5 Å². The minimum absolute atomic E-state index is 0.103. The predicted octanol–water partition coefficient (Wildman–Crippen LogP) is 2.84. The lowest BCUT2D eigenvalue weighted by molar-refractivity contribution is -0.136. The summed E-state index contributed by atoms with van der Waals surface area (Å²) in [5.41, 5.74) is 1.52. The summed E-state index contributed by atoms with van der Waals surface area (Å²) in [5, 5.41) is 9.43. The second-order valence-electron chi connectivity index (χ2n) is 6.43. The Morgan fingerprint density at radius 2 is 1.85 bits per heavy atom. The van der Waals surface area contributed by atoms with Crippen LogP contribution in [0.3, 0.4) is 0 Å². The number of para-hydroxylation sites is 1. The number of likely N-dealkylation sites (N-methyl/N-ethyl adjacent to an activating group) is 1. The molecule has 1 saturated heterocycles. The van der Waals surface area contributed by atoms with Gasteiger partial charge in [0.2, 0.25) is 11.8 Å². The van der Waals surface area contributed by atoms with Crippen molar-refractivity contribution in [3.8, 4) is 0 Å². The van der Waals surface area contributed by atoms with Crippen LogP contribution in [-0.2, 0) is 16.0 Å². The van der Waals surface area contributed by atoms with Gasteiger partial charge in [-0.3, -0.25) is 9.59 Å². The summed E-state index contributed by atoms with van der Waals surface area (Å²) in [4.78, 5) is 39.3. The van der Waals surface area contributed by atoms with Crippen LogP contribution in [0.4, 0.5) is 5.69 Å². The van der Waals surface area contributed by atoms with Gasteiger partial charge in [0.15, 0.2) is 0 Å². The monoisotopic (exact) mass is 386 g/mol. The second kappa shape index (κ2) is 7.80. The Bertz CT molecular complexity index is 882. The number of anilines is 1. The number of aromatic carboxylic acids is 1. The minimum Gasteiger partial charge on any atom is -0.478 e. The SMILES string of the molecule is CN(C(=O)Cc1ccc(C(=O)O)cc1)C1CCN(c2ccccc2Cl)C1=O. The maximum atomic E-state index is 12.8. The number of halogens is 1. The Kier molecular flexibility index (Phi) is 5.46. The summed E-state index contributed by atoms with van der Waals surface area (Å²) in [6, 6.07) is 12.7. The number of carbonyl (C=O) groups is 3. The largest absolute Gasteiger partial charge is 0.478 e. The lowest BCUT2D eigenvalue weighted by atomic mass is 10.1. The molecule has 2 amide bonds. The van der Waals surface area contributed by atoms with E-state index >= 15 is 0 Å². The number of carboxylic acid groups (broad SMARTS) is 1. The third-order valence-electron chi connectivity index (χ3n) is 4.74. The van der Waals surface area contributed by atoms with E-state index in [1.165, 1.54) is 17.0 Å². The average Bonchev–Trinajstić information content (AvgIpc) is 3.03. The molecule has 2 aromatic carbocycles. The summed E-state index contributed by atoms with van der Waals surface area (Å²) >= 11 is 6.19. The molecule has 1 aliphatic rings. The Balaban J connectivity index is 1.67. The van der Waals surface area contributed by atoms with Gasteiger partial charge in [-0.1, -0.05) is 35.9 Å². The number of hydrogen-bond acceptors (Lipinski definition) is 3. The molecule has 0 aromatic heterocycles. The first kappa shape index (κ1) is 18.9. The van der Waals surface area contributed by atoms with Gasteiger partial charge in [-0.05, 0) is 36.2 Å². The van der Waals surface area contributed by atoms with Gasteiger partial charge in [0.05, 0.1) is 22.7 Å². The van der Waals surface area contributed by atoms with Crippen LogP contribution >= 0.6 is 11.6 Å². The highest BCUT2D eigenvalue weighted by Gasteiger charge is 2.37. The van der Waals surface area contributed by atoms with Crippen LogP contribution in [0.25, 0.3) is 0 Å². The molecule has 1 N–H and O–H groups in total. The van der Waals surface area contributed by atoms with Crippen LogP contribution in [0.1, 0.15) is 22.3 Å². The van der Waals surface area contributed by atoms with Gasteiger partial charge in [0.1, 0.15) is 6.04 Å². The van der Waals surface area contributed by atoms with Crippen molar-refractivity contribution in [2.45, 2.75) is 18.9 Å². The highest BCUT2D eigenvalue weighted by atomic mass is 35.5. The lowest BCUT2D eigenvalue weighted by Gasteiger charge is -2.24. The molecule has 140 valence electrons. The zero-order valence-corrected chi connectivity index (χ0v) is 15.5. The fourth-order valence-corrected chi connectivity index (χ4v) is 3.41. The van der Waals surface area contributed by atoms with Gasteiger partial charge in [-0.2, -0.15) is 0 Å². The Labute approximate surface area is 162 Å². The number of nitrogens with zero attached hydrogens (tertiary/aromatic N) is 2. The molecule has 0 radical (unpaired) electrons. The maximum absolute atomic E-state index is 12.8. The van der Waals surface area contributed by atoms with E-state index in [9.17, 15) is 14.4 Å². The molecule has 1 heterocycles. The smallest absolute Gasteiger partial charge is 0.335 e. The molecular weight excluding hydrogens is 368 g/mol. The minimum atomic E-state index is -1.01. The van der Waals surface area contributed by atoms with E-state index in [0.29, 0.717) is 29.2 Å². The highest BCUT2D eigenvalue weighted by Crippen LogP contribution is 2.30. The number of benzene rings is 2. The van der Waals surface area contributed by atoms with Crippen LogP contribution < -0.4 is 4.90 Å². The first-order valence-electron chi connectivity index (χ1n) is 8.52. The molecular formula is C20H19ClN2O4. The number of amides is 2. The molecule has 0 aliphatic carbocycles. The molecule has 1 atom stereocenters. The van der Waals surface area contributed by atoms with E-state index in [2.05, 4.69) is 0 Å². The van der Waals surface area contributed by atoms with Crippen LogP contribution in [0, 0.1) is 0 Å². The van der Waals surface area contributed by atoms with E-state index < -0.39 is 12.0 Å². The summed E-state index contributed by atoms with van der Waals surface area (Å²) < 4.78 is 0. The van der Waals surface area contributed by atoms with Crippen molar-refractivity contribution in [1.29, 1.82) is 0 Å². The molecule has 1 aliphatic heterocycles. The molecule has 0 bridgehead atoms. The van der Waals surface area contributed by atoms with Crippen molar-refractivity contribution in [3.63, 3.8) is 0 Å². The van der Waals surface area contributed by atoms with E-state index in [-0.39, 0.29) is 23.8 Å². The maximum Gasteiger partial charge on any atom is 0.335 e. The lowest BCUT2D eigenvalue weighted by Crippen LogP contribution is -2.43. The van der Waals surface area contributed by atoms with E-state index in [1.807, 2.05) is 6.07 Å². The third kappa shape index (κ3) is 3.95. The van der Waals surface area contributed by atoms with Gasteiger partial charge in [0.25, 0.3) is 0 Å². The molecule has 1 fully saturated rings. The second-order valence-corrected chi connectivity index (χ2v) is 6.84. The fourth-order valence-electron chi connectivity index (χ4n) is 3.17. The summed E-state index contributed by atoms with van der Waals surface area (Å²) in [6.07, 6.45) is 0.635. The van der Waals surface area contributed by atoms with Gasteiger partial charge < -0.3 is 14.9 Å². The first-order chi connectivity index (χ1) is 12.9. The normalized spacial score (nSPS) is 16.4. The first-order valence-corrected chi connectivity index (χ1v) is 8.90. The topological polar surface area (TPSA) is 77.9 Å². The summed E-state index contributed by atoms with van der Waals surface area (Å²) in [7, 11) is 1.62. The Morgan fingerprint density at radius 3 is 2.48 bits per heavy atom. The van der Waals surface area contributed by atoms with Crippen molar-refractivity contribution in [2.24, 2.45) is 0 Å². The molecule has 7 heteroatoms. The number of carboxylic acids is 1. The number of rotatable bonds is 5. The molecule has 27 heavy (non-hydrogen) atoms. The van der Waals surface area contributed by atoms with Crippen LogP contribution in [-0.4, -0.2) is 47.4 Å². The zero-order chi connectivity index (χ0) is 19.6. The van der Waals surface area contributed by atoms with Crippen LogP contribution in [0.15, 0.2) is 48.5 Å². The fraction of sp³-hybridized carbons (Fsp3) is 0.250. The molecule has 1 unspecified atom stereocenters. The molecule has 3 rings (SSSR count). The van der Waals surface area contributed by atoms with Crippen molar-refractivity contribution in [3.05, 3.63) is 64.7 Å². The van der Waals surface area contributed by atoms with Gasteiger partial charge in [-0.25, -0.2) is 4.79 Å².